The summed E-state index contributed by atoms with van der Waals surface area (Å²) in [7, 11) is 0. The Hall–Kier alpha value is -2.55. The van der Waals surface area contributed by atoms with Gasteiger partial charge in [0.1, 0.15) is 19.0 Å². The van der Waals surface area contributed by atoms with Gasteiger partial charge in [-0.2, -0.15) is 0 Å². The number of carbonyl (C=O) groups excluding carboxylic acids is 1. The minimum Gasteiger partial charge on any atom is -0.490 e. The molecule has 0 fully saturated rings. The minimum absolute atomic E-state index is 0.228. The van der Waals surface area contributed by atoms with E-state index in [1.165, 1.54) is 6.08 Å². The molecule has 0 radical (unpaired) electrons. The highest BCUT2D eigenvalue weighted by molar-refractivity contribution is 5.87. The fourth-order valence-electron chi connectivity index (χ4n) is 1.79. The Balaban J connectivity index is 1.70. The molecule has 3 heteroatoms. The van der Waals surface area contributed by atoms with E-state index in [2.05, 4.69) is 0 Å². The third-order valence-corrected chi connectivity index (χ3v) is 2.89. The van der Waals surface area contributed by atoms with Gasteiger partial charge in [0.2, 0.25) is 0 Å². The molecule has 2 rings (SSSR count). The Kier molecular flexibility index (Phi) is 5.59. The summed E-state index contributed by atoms with van der Waals surface area (Å²) in [4.78, 5) is 11.5. The van der Waals surface area contributed by atoms with Crippen LogP contribution < -0.4 is 4.74 Å². The number of hydrogen-bond donors (Lipinski definition) is 0. The Morgan fingerprint density at radius 1 is 1.00 bits per heavy atom. The number of aryl methyl sites for hydroxylation is 1. The molecular formula is C18H18O3. The molecule has 0 bridgehead atoms. The van der Waals surface area contributed by atoms with Gasteiger partial charge in [0.15, 0.2) is 0 Å². The predicted molar refractivity (Wildman–Crippen MR) is 83.1 cm³/mol. The van der Waals surface area contributed by atoms with Gasteiger partial charge in [-0.05, 0) is 30.2 Å². The van der Waals surface area contributed by atoms with E-state index in [9.17, 15) is 4.79 Å². The lowest BCUT2D eigenvalue weighted by molar-refractivity contribution is -0.138. The first-order valence-corrected chi connectivity index (χ1v) is 6.84. The normalized spacial score (nSPS) is 10.5. The van der Waals surface area contributed by atoms with Crippen LogP contribution in [0.1, 0.15) is 11.1 Å². The van der Waals surface area contributed by atoms with Crippen molar-refractivity contribution in [2.75, 3.05) is 13.2 Å². The average Bonchev–Trinajstić information content (AvgIpc) is 2.52. The molecule has 0 saturated carbocycles. The van der Waals surface area contributed by atoms with E-state index in [1.807, 2.05) is 61.5 Å². The van der Waals surface area contributed by atoms with E-state index in [0.717, 1.165) is 16.9 Å². The molecule has 0 aromatic heterocycles. The number of rotatable bonds is 6. The van der Waals surface area contributed by atoms with E-state index in [1.54, 1.807) is 6.08 Å². The van der Waals surface area contributed by atoms with Crippen molar-refractivity contribution in [3.8, 4) is 5.75 Å². The lowest BCUT2D eigenvalue weighted by Gasteiger charge is -2.08. The van der Waals surface area contributed by atoms with Crippen LogP contribution in [0.2, 0.25) is 0 Å². The maximum Gasteiger partial charge on any atom is 0.330 e. The van der Waals surface area contributed by atoms with E-state index >= 15 is 0 Å². The lowest BCUT2D eigenvalue weighted by atomic mass is 10.2. The van der Waals surface area contributed by atoms with Gasteiger partial charge in [-0.3, -0.25) is 0 Å². The third-order valence-electron chi connectivity index (χ3n) is 2.89. The monoisotopic (exact) mass is 282 g/mol. The number of carbonyl (C=O) groups is 1. The van der Waals surface area contributed by atoms with Crippen molar-refractivity contribution in [2.24, 2.45) is 0 Å². The van der Waals surface area contributed by atoms with Crippen LogP contribution >= 0.6 is 0 Å². The molecule has 2 aromatic carbocycles. The second kappa shape index (κ2) is 7.90. The maximum absolute atomic E-state index is 11.5. The topological polar surface area (TPSA) is 35.5 Å². The summed E-state index contributed by atoms with van der Waals surface area (Å²) in [5, 5.41) is 0. The molecular weight excluding hydrogens is 264 g/mol. The Bertz CT molecular complexity index is 603. The number of benzene rings is 2. The van der Waals surface area contributed by atoms with Crippen molar-refractivity contribution in [2.45, 2.75) is 6.92 Å². The van der Waals surface area contributed by atoms with Crippen LogP contribution in [0.3, 0.4) is 0 Å². The SMILES string of the molecule is Cc1ccccc1OCCOC(=O)/C=C\c1ccccc1. The van der Waals surface area contributed by atoms with Crippen LogP contribution in [0.25, 0.3) is 6.08 Å². The van der Waals surface area contributed by atoms with Gasteiger partial charge < -0.3 is 9.47 Å². The van der Waals surface area contributed by atoms with Crippen LogP contribution in [-0.2, 0) is 9.53 Å². The van der Waals surface area contributed by atoms with E-state index < -0.39 is 0 Å². The van der Waals surface area contributed by atoms with Gasteiger partial charge in [0.25, 0.3) is 0 Å². The standard InChI is InChI=1S/C18H18O3/c1-15-7-5-6-10-17(15)20-13-14-21-18(19)12-11-16-8-3-2-4-9-16/h2-12H,13-14H2,1H3/b12-11-. The summed E-state index contributed by atoms with van der Waals surface area (Å²) in [5.41, 5.74) is 2.03. The van der Waals surface area contributed by atoms with Crippen molar-refractivity contribution in [1.29, 1.82) is 0 Å². The molecule has 21 heavy (non-hydrogen) atoms. The average molecular weight is 282 g/mol. The second-order valence-corrected chi connectivity index (χ2v) is 4.53. The van der Waals surface area contributed by atoms with Crippen LogP contribution in [0, 0.1) is 6.92 Å². The van der Waals surface area contributed by atoms with Crippen LogP contribution in [0.15, 0.2) is 60.7 Å². The number of hydrogen-bond acceptors (Lipinski definition) is 3. The first-order valence-electron chi connectivity index (χ1n) is 6.84. The van der Waals surface area contributed by atoms with Crippen molar-refractivity contribution in [3.05, 3.63) is 71.8 Å². The number of esters is 1. The van der Waals surface area contributed by atoms with Gasteiger partial charge >= 0.3 is 5.97 Å². The lowest BCUT2D eigenvalue weighted by Crippen LogP contribution is -2.10. The molecule has 0 aliphatic rings. The molecule has 2 aromatic rings. The summed E-state index contributed by atoms with van der Waals surface area (Å²) >= 11 is 0. The van der Waals surface area contributed by atoms with Gasteiger partial charge in [-0.1, -0.05) is 48.5 Å². The highest BCUT2D eigenvalue weighted by Gasteiger charge is 2.00. The smallest absolute Gasteiger partial charge is 0.330 e. The number of para-hydroxylation sites is 1. The Morgan fingerprint density at radius 2 is 1.71 bits per heavy atom. The molecule has 0 amide bonds. The van der Waals surface area contributed by atoms with Crippen molar-refractivity contribution in [1.82, 2.24) is 0 Å². The fraction of sp³-hybridized carbons (Fsp3) is 0.167. The molecule has 108 valence electrons. The van der Waals surface area contributed by atoms with Gasteiger partial charge in [-0.15, -0.1) is 0 Å². The highest BCUT2D eigenvalue weighted by atomic mass is 16.6. The van der Waals surface area contributed by atoms with Gasteiger partial charge in [0.05, 0.1) is 0 Å². The summed E-state index contributed by atoms with van der Waals surface area (Å²) < 4.78 is 10.6. The highest BCUT2D eigenvalue weighted by Crippen LogP contribution is 2.15. The van der Waals surface area contributed by atoms with Crippen molar-refractivity contribution in [3.63, 3.8) is 0 Å². The minimum atomic E-state index is -0.368. The first kappa shape index (κ1) is 14.9. The molecule has 3 nitrogen and oxygen atoms in total. The third kappa shape index (κ3) is 5.15. The summed E-state index contributed by atoms with van der Waals surface area (Å²) in [6.45, 7) is 2.55. The molecule has 0 aliphatic carbocycles. The quantitative estimate of drug-likeness (QED) is 0.461. The van der Waals surface area contributed by atoms with Crippen LogP contribution in [-0.4, -0.2) is 19.2 Å². The van der Waals surface area contributed by atoms with E-state index in [-0.39, 0.29) is 12.6 Å². The first-order chi connectivity index (χ1) is 10.3. The number of ether oxygens (including phenoxy) is 2. The second-order valence-electron chi connectivity index (χ2n) is 4.53. The zero-order valence-electron chi connectivity index (χ0n) is 12.0. The zero-order chi connectivity index (χ0) is 14.9. The molecule has 0 unspecified atom stereocenters. The van der Waals surface area contributed by atoms with Gasteiger partial charge in [0, 0.05) is 6.08 Å². The molecule has 0 spiro atoms. The molecule has 0 N–H and O–H groups in total. The zero-order valence-corrected chi connectivity index (χ0v) is 12.0. The molecule has 0 aliphatic heterocycles. The Morgan fingerprint density at radius 3 is 2.48 bits per heavy atom. The van der Waals surface area contributed by atoms with Gasteiger partial charge in [-0.25, -0.2) is 4.79 Å². The molecule has 0 heterocycles. The predicted octanol–water partition coefficient (Wildman–Crippen LogP) is 3.63. The maximum atomic E-state index is 11.5. The van der Waals surface area contributed by atoms with Crippen LogP contribution in [0.4, 0.5) is 0 Å². The van der Waals surface area contributed by atoms with Crippen LogP contribution in [0.5, 0.6) is 5.75 Å². The largest absolute Gasteiger partial charge is 0.490 e. The summed E-state index contributed by atoms with van der Waals surface area (Å²) in [6, 6.07) is 17.3. The van der Waals surface area contributed by atoms with Crippen molar-refractivity contribution >= 4 is 12.0 Å². The fourth-order valence-corrected chi connectivity index (χ4v) is 1.79. The van der Waals surface area contributed by atoms with Crippen molar-refractivity contribution < 1.29 is 14.3 Å². The van der Waals surface area contributed by atoms with E-state index in [0.29, 0.717) is 6.61 Å². The summed E-state index contributed by atoms with van der Waals surface area (Å²) in [5.74, 6) is 0.445. The Labute approximate surface area is 124 Å². The molecule has 0 saturated heterocycles. The summed E-state index contributed by atoms with van der Waals surface area (Å²) in [6.07, 6.45) is 3.15. The molecule has 0 atom stereocenters. The van der Waals surface area contributed by atoms with E-state index in [4.69, 9.17) is 9.47 Å².